The minimum atomic E-state index is -1.01. The number of nitriles is 1. The number of benzene rings is 1. The lowest BCUT2D eigenvalue weighted by Gasteiger charge is -2.36. The molecule has 9 rings (SSSR count). The number of carbonyl (C=O) groups excluding carboxylic acids is 5. The summed E-state index contributed by atoms with van der Waals surface area (Å²) in [7, 11) is 0.972. The first-order valence-electron chi connectivity index (χ1n) is 18.8. The minimum absolute atomic E-state index is 0.0671. The average Bonchev–Trinajstić information content (AvgIpc) is 4.04. The molecule has 18 heteroatoms. The number of amides is 5. The van der Waals surface area contributed by atoms with Crippen molar-refractivity contribution in [3.8, 4) is 11.9 Å². The summed E-state index contributed by atoms with van der Waals surface area (Å²) in [6.07, 6.45) is 6.27. The smallest absolute Gasteiger partial charge is 0.262 e. The molecular weight excluding hydrogens is 749 g/mol. The number of anilines is 2. The van der Waals surface area contributed by atoms with Crippen LogP contribution >= 0.6 is 10.9 Å². The van der Waals surface area contributed by atoms with Crippen molar-refractivity contribution in [1.82, 2.24) is 34.6 Å². The second kappa shape index (κ2) is 14.6. The SMILES string of the molecule is CNc1cc(-n2ccc3cc(C#N)cnc32)ncc1C1=NN=C[SH]1C1CCN(C(=O)CN2CCN(c3ccc4c(c3)C(=O)N(C3CCC(=O)NC3=O)C4=O)CC2)C1. The standard InChI is InChI=1S/C39H38N12O5S/c1-41-30-16-32(50-9-6-24-14-23(17-40)18-43-35(24)50)42-19-29(30)37-46-44-22-57(37)26-7-8-49(20-26)34(53)21-47-10-12-48(13-11-47)25-2-3-27-28(15-25)39(56)51(38(27)55)31-4-5-33(52)45-36(31)54/h2-3,6,9,14-16,18-19,22,26,31,57H,4-5,7-8,10-13,20-21H2,1H3,(H,41,42)(H,45,52,54). The van der Waals surface area contributed by atoms with Gasteiger partial charge in [-0.3, -0.25) is 43.7 Å². The number of likely N-dealkylation sites (tertiary alicyclic amines) is 1. The Balaban J connectivity index is 0.802. The van der Waals surface area contributed by atoms with Gasteiger partial charge in [-0.05, 0) is 43.2 Å². The molecule has 3 saturated heterocycles. The molecular formula is C39H38N12O5S. The summed E-state index contributed by atoms with van der Waals surface area (Å²) in [5.41, 5.74) is 6.15. The van der Waals surface area contributed by atoms with Crippen molar-refractivity contribution in [3.63, 3.8) is 0 Å². The molecule has 3 unspecified atom stereocenters. The van der Waals surface area contributed by atoms with Crippen LogP contribution in [-0.4, -0.2) is 134 Å². The monoisotopic (exact) mass is 786 g/mol. The maximum Gasteiger partial charge on any atom is 0.262 e. The largest absolute Gasteiger partial charge is 0.387 e. The Kier molecular flexibility index (Phi) is 9.25. The normalized spacial score (nSPS) is 22.9. The number of hydrogen-bond acceptors (Lipinski definition) is 13. The first kappa shape index (κ1) is 36.2. The first-order chi connectivity index (χ1) is 27.7. The van der Waals surface area contributed by atoms with Crippen LogP contribution < -0.4 is 15.5 Å². The lowest BCUT2D eigenvalue weighted by Crippen LogP contribution is -2.54. The van der Waals surface area contributed by atoms with Crippen LogP contribution in [0.2, 0.25) is 0 Å². The molecule has 0 bridgehead atoms. The minimum Gasteiger partial charge on any atom is -0.387 e. The van der Waals surface area contributed by atoms with E-state index in [0.717, 1.165) is 38.7 Å². The lowest BCUT2D eigenvalue weighted by molar-refractivity contribution is -0.136. The molecule has 8 heterocycles. The lowest BCUT2D eigenvalue weighted by atomic mass is 10.0. The molecule has 5 aliphatic rings. The summed E-state index contributed by atoms with van der Waals surface area (Å²) in [5.74, 6) is -1.34. The van der Waals surface area contributed by atoms with Crippen molar-refractivity contribution in [2.24, 2.45) is 10.2 Å². The topological polar surface area (TPSA) is 202 Å². The Labute approximate surface area is 329 Å². The average molecular weight is 787 g/mol. The predicted molar refractivity (Wildman–Crippen MR) is 214 cm³/mol. The van der Waals surface area contributed by atoms with Gasteiger partial charge in [-0.15, -0.1) is 5.10 Å². The predicted octanol–water partition coefficient (Wildman–Crippen LogP) is 1.86. The molecule has 0 saturated carbocycles. The Bertz CT molecular complexity index is 2480. The van der Waals surface area contributed by atoms with Gasteiger partial charge in [0.25, 0.3) is 11.8 Å². The number of nitrogens with one attached hydrogen (secondary N) is 2. The summed E-state index contributed by atoms with van der Waals surface area (Å²) in [4.78, 5) is 80.6. The fourth-order valence-electron chi connectivity index (χ4n) is 8.24. The molecule has 4 aromatic rings. The zero-order valence-corrected chi connectivity index (χ0v) is 31.9. The van der Waals surface area contributed by atoms with E-state index in [2.05, 4.69) is 41.7 Å². The molecule has 1 aromatic carbocycles. The number of piperazine rings is 1. The van der Waals surface area contributed by atoms with E-state index in [0.29, 0.717) is 62.8 Å². The third-order valence-corrected chi connectivity index (χ3v) is 13.7. The van der Waals surface area contributed by atoms with E-state index >= 15 is 0 Å². The van der Waals surface area contributed by atoms with Crippen LogP contribution in [0.5, 0.6) is 0 Å². The van der Waals surface area contributed by atoms with Gasteiger partial charge in [-0.2, -0.15) is 21.3 Å². The molecule has 17 nitrogen and oxygen atoms in total. The summed E-state index contributed by atoms with van der Waals surface area (Å²) >= 11 is 0. The van der Waals surface area contributed by atoms with Crippen LogP contribution in [0.3, 0.4) is 0 Å². The number of nitrogens with zero attached hydrogens (tertiary/aromatic N) is 10. The fraction of sp³-hybridized carbons (Fsp3) is 0.333. The number of thiol groups is 1. The Morgan fingerprint density at radius 1 is 0.965 bits per heavy atom. The second-order valence-electron chi connectivity index (χ2n) is 14.6. The highest BCUT2D eigenvalue weighted by Crippen LogP contribution is 2.43. The maximum absolute atomic E-state index is 13.6. The van der Waals surface area contributed by atoms with Gasteiger partial charge in [0.2, 0.25) is 17.7 Å². The molecule has 5 aliphatic heterocycles. The molecule has 3 fully saturated rings. The number of hydrogen-bond donors (Lipinski definition) is 3. The first-order valence-corrected chi connectivity index (χ1v) is 20.2. The highest BCUT2D eigenvalue weighted by molar-refractivity contribution is 8.41. The number of piperidine rings is 1. The van der Waals surface area contributed by atoms with Crippen molar-refractivity contribution in [2.75, 3.05) is 63.1 Å². The molecule has 0 spiro atoms. The highest BCUT2D eigenvalue weighted by atomic mass is 32.2. The molecule has 57 heavy (non-hydrogen) atoms. The van der Waals surface area contributed by atoms with Crippen LogP contribution in [0.25, 0.3) is 16.9 Å². The van der Waals surface area contributed by atoms with E-state index in [1.54, 1.807) is 24.4 Å². The van der Waals surface area contributed by atoms with Crippen LogP contribution in [0, 0.1) is 11.3 Å². The van der Waals surface area contributed by atoms with Crippen molar-refractivity contribution in [1.29, 1.82) is 5.26 Å². The molecule has 290 valence electrons. The number of imide groups is 2. The van der Waals surface area contributed by atoms with Crippen LogP contribution in [0.15, 0.2) is 65.2 Å². The summed E-state index contributed by atoms with van der Waals surface area (Å²) in [6.45, 7) is 4.16. The van der Waals surface area contributed by atoms with Gasteiger partial charge in [-0.25, -0.2) is 9.97 Å². The van der Waals surface area contributed by atoms with Crippen LogP contribution in [0.4, 0.5) is 11.4 Å². The van der Waals surface area contributed by atoms with Gasteiger partial charge in [0.15, 0.2) is 0 Å². The Morgan fingerprint density at radius 2 is 1.79 bits per heavy atom. The Morgan fingerprint density at radius 3 is 2.58 bits per heavy atom. The van der Waals surface area contributed by atoms with Gasteiger partial charge in [0, 0.05) is 105 Å². The van der Waals surface area contributed by atoms with E-state index in [4.69, 9.17) is 4.98 Å². The van der Waals surface area contributed by atoms with E-state index in [1.807, 2.05) is 52.7 Å². The Hall–Kier alpha value is -6.45. The maximum atomic E-state index is 13.6. The quantitative estimate of drug-likeness (QED) is 0.174. The molecule has 3 aromatic heterocycles. The fourth-order valence-corrected chi connectivity index (χ4v) is 10.4. The summed E-state index contributed by atoms with van der Waals surface area (Å²) in [5, 5.41) is 25.6. The van der Waals surface area contributed by atoms with Crippen LogP contribution in [-0.2, 0) is 14.4 Å². The molecule has 0 radical (unpaired) electrons. The zero-order valence-electron chi connectivity index (χ0n) is 31.0. The van der Waals surface area contributed by atoms with Crippen molar-refractivity contribution in [2.45, 2.75) is 30.6 Å². The number of fused-ring (bicyclic) bond motifs is 2. The van der Waals surface area contributed by atoms with Crippen molar-refractivity contribution >= 4 is 73.4 Å². The number of carbonyl (C=O) groups is 5. The summed E-state index contributed by atoms with van der Waals surface area (Å²) < 4.78 is 1.88. The van der Waals surface area contributed by atoms with Gasteiger partial charge in [0.05, 0.1) is 28.8 Å². The second-order valence-corrected chi connectivity index (χ2v) is 16.8. The van der Waals surface area contributed by atoms with Gasteiger partial charge >= 0.3 is 0 Å². The third kappa shape index (κ3) is 6.47. The van der Waals surface area contributed by atoms with E-state index in [1.165, 1.54) is 0 Å². The number of pyridine rings is 2. The van der Waals surface area contributed by atoms with Crippen molar-refractivity contribution in [3.05, 3.63) is 77.2 Å². The zero-order chi connectivity index (χ0) is 39.4. The molecule has 3 atom stereocenters. The molecule has 2 N–H and O–H groups in total. The number of aromatic nitrogens is 3. The van der Waals surface area contributed by atoms with Crippen LogP contribution in [0.1, 0.15) is 51.1 Å². The van der Waals surface area contributed by atoms with Gasteiger partial charge in [0.1, 0.15) is 28.6 Å². The van der Waals surface area contributed by atoms with Gasteiger partial charge in [-0.1, -0.05) is 0 Å². The van der Waals surface area contributed by atoms with E-state index in [-0.39, 0.29) is 35.1 Å². The van der Waals surface area contributed by atoms with Crippen molar-refractivity contribution < 1.29 is 24.0 Å². The molecule has 0 aliphatic carbocycles. The van der Waals surface area contributed by atoms with E-state index < -0.39 is 40.6 Å². The highest BCUT2D eigenvalue weighted by Gasteiger charge is 2.45. The summed E-state index contributed by atoms with van der Waals surface area (Å²) in [6, 6.07) is 11.9. The number of rotatable bonds is 8. The van der Waals surface area contributed by atoms with Gasteiger partial charge < -0.3 is 15.1 Å². The third-order valence-electron chi connectivity index (χ3n) is 11.3. The molecule has 5 amide bonds. The van der Waals surface area contributed by atoms with E-state index in [9.17, 15) is 29.2 Å².